The van der Waals surface area contributed by atoms with Gasteiger partial charge in [-0.2, -0.15) is 0 Å². The van der Waals surface area contributed by atoms with Crippen molar-refractivity contribution in [1.82, 2.24) is 10.0 Å². The zero-order chi connectivity index (χ0) is 20.2. The average molecular weight is 463 g/mol. The van der Waals surface area contributed by atoms with E-state index in [0.29, 0.717) is 0 Å². The number of nitrogens with one attached hydrogen (secondary N) is 2. The third-order valence-corrected chi connectivity index (χ3v) is 4.50. The summed E-state index contributed by atoms with van der Waals surface area (Å²) in [6, 6.07) is 3.12. The van der Waals surface area contributed by atoms with Gasteiger partial charge in [-0.3, -0.25) is 0 Å². The van der Waals surface area contributed by atoms with Crippen molar-refractivity contribution >= 4 is 32.0 Å². The van der Waals surface area contributed by atoms with Gasteiger partial charge in [0.25, 0.3) is 0 Å². The molecule has 0 aliphatic rings. The standard InChI is InChI=1S/C14H18BrF3N2O5S/c1-13(2,3)25-12(21)19-6-7-20-26(22,23)11-5-4-9(15)8-10(11)24-14(16,17)18/h4-5,8,20H,6-7H2,1-3H3,(H,19,21). The topological polar surface area (TPSA) is 93.7 Å². The molecule has 1 rings (SSSR count). The third kappa shape index (κ3) is 8.23. The van der Waals surface area contributed by atoms with Crippen LogP contribution in [0.3, 0.4) is 0 Å². The van der Waals surface area contributed by atoms with Gasteiger partial charge in [-0.15, -0.1) is 13.2 Å². The fourth-order valence-corrected chi connectivity index (χ4v) is 3.13. The summed E-state index contributed by atoms with van der Waals surface area (Å²) in [5, 5.41) is 2.32. The minimum atomic E-state index is -5.05. The van der Waals surface area contributed by atoms with Crippen LogP contribution < -0.4 is 14.8 Å². The lowest BCUT2D eigenvalue weighted by Gasteiger charge is -2.19. The van der Waals surface area contributed by atoms with E-state index in [-0.39, 0.29) is 17.6 Å². The van der Waals surface area contributed by atoms with E-state index < -0.39 is 38.7 Å². The van der Waals surface area contributed by atoms with Gasteiger partial charge < -0.3 is 14.8 Å². The number of amides is 1. The van der Waals surface area contributed by atoms with Crippen LogP contribution in [0.15, 0.2) is 27.6 Å². The lowest BCUT2D eigenvalue weighted by Crippen LogP contribution is -2.38. The molecule has 148 valence electrons. The smallest absolute Gasteiger partial charge is 0.444 e. The molecule has 0 spiro atoms. The first-order valence-electron chi connectivity index (χ1n) is 7.21. The fourth-order valence-electron chi connectivity index (χ4n) is 1.65. The Balaban J connectivity index is 2.75. The van der Waals surface area contributed by atoms with Crippen LogP contribution in [0.4, 0.5) is 18.0 Å². The molecule has 0 saturated carbocycles. The minimum Gasteiger partial charge on any atom is -0.444 e. The predicted octanol–water partition coefficient (Wildman–Crippen LogP) is 3.15. The summed E-state index contributed by atoms with van der Waals surface area (Å²) in [4.78, 5) is 10.8. The van der Waals surface area contributed by atoms with Gasteiger partial charge >= 0.3 is 12.5 Å². The summed E-state index contributed by atoms with van der Waals surface area (Å²) in [6.07, 6.45) is -5.80. The van der Waals surface area contributed by atoms with Crippen molar-refractivity contribution in [2.75, 3.05) is 13.1 Å². The van der Waals surface area contributed by atoms with Crippen molar-refractivity contribution in [3.8, 4) is 5.75 Å². The maximum atomic E-state index is 12.5. The highest BCUT2D eigenvalue weighted by atomic mass is 79.9. The molecule has 2 N–H and O–H groups in total. The molecule has 0 radical (unpaired) electrons. The number of sulfonamides is 1. The molecule has 7 nitrogen and oxygen atoms in total. The highest BCUT2D eigenvalue weighted by Crippen LogP contribution is 2.32. The van der Waals surface area contributed by atoms with Crippen molar-refractivity contribution in [1.29, 1.82) is 0 Å². The molecule has 1 amide bonds. The second-order valence-corrected chi connectivity index (χ2v) is 8.62. The summed E-state index contributed by atoms with van der Waals surface area (Å²) in [5.41, 5.74) is -0.717. The average Bonchev–Trinajstić information content (AvgIpc) is 2.39. The molecule has 1 aromatic carbocycles. The molecule has 1 aromatic rings. The maximum Gasteiger partial charge on any atom is 0.573 e. The van der Waals surface area contributed by atoms with E-state index in [2.05, 4.69) is 30.7 Å². The van der Waals surface area contributed by atoms with Gasteiger partial charge in [-0.05, 0) is 39.0 Å². The van der Waals surface area contributed by atoms with Crippen LogP contribution in [0.25, 0.3) is 0 Å². The van der Waals surface area contributed by atoms with Gasteiger partial charge in [0.15, 0.2) is 5.75 Å². The van der Waals surface area contributed by atoms with Gasteiger partial charge in [0.2, 0.25) is 10.0 Å². The van der Waals surface area contributed by atoms with Crippen molar-refractivity contribution in [3.05, 3.63) is 22.7 Å². The number of hydrogen-bond acceptors (Lipinski definition) is 5. The summed E-state index contributed by atoms with van der Waals surface area (Å²) in [5.74, 6) is -0.875. The number of alkyl halides is 3. The van der Waals surface area contributed by atoms with Gasteiger partial charge in [0.1, 0.15) is 10.5 Å². The Morgan fingerprint density at radius 3 is 2.35 bits per heavy atom. The van der Waals surface area contributed by atoms with Crippen molar-refractivity contribution in [3.63, 3.8) is 0 Å². The van der Waals surface area contributed by atoms with Crippen LogP contribution in [0.1, 0.15) is 20.8 Å². The van der Waals surface area contributed by atoms with Crippen LogP contribution in [0.2, 0.25) is 0 Å². The number of hydrogen-bond donors (Lipinski definition) is 2. The Hall–Kier alpha value is -1.53. The van der Waals surface area contributed by atoms with E-state index in [1.165, 1.54) is 6.07 Å². The van der Waals surface area contributed by atoms with E-state index in [4.69, 9.17) is 4.74 Å². The van der Waals surface area contributed by atoms with E-state index in [0.717, 1.165) is 12.1 Å². The van der Waals surface area contributed by atoms with Gasteiger partial charge in [0, 0.05) is 17.6 Å². The molecule has 0 unspecified atom stereocenters. The van der Waals surface area contributed by atoms with Crippen molar-refractivity contribution in [2.24, 2.45) is 0 Å². The summed E-state index contributed by atoms with van der Waals surface area (Å²) in [7, 11) is -4.30. The maximum absolute atomic E-state index is 12.5. The first kappa shape index (κ1) is 22.5. The molecule has 0 aliphatic carbocycles. The van der Waals surface area contributed by atoms with Crippen LogP contribution in [-0.4, -0.2) is 39.6 Å². The van der Waals surface area contributed by atoms with Crippen LogP contribution in [0, 0.1) is 0 Å². The molecule has 12 heteroatoms. The molecule has 0 bridgehead atoms. The Morgan fingerprint density at radius 1 is 1.19 bits per heavy atom. The van der Waals surface area contributed by atoms with E-state index in [1.807, 2.05) is 0 Å². The van der Waals surface area contributed by atoms with Crippen molar-refractivity contribution in [2.45, 2.75) is 37.6 Å². The number of benzene rings is 1. The van der Waals surface area contributed by atoms with Crippen molar-refractivity contribution < 1.29 is 35.9 Å². The lowest BCUT2D eigenvalue weighted by atomic mass is 10.2. The number of carbonyl (C=O) groups excluding carboxylic acids is 1. The fraction of sp³-hybridized carbons (Fsp3) is 0.500. The number of carbonyl (C=O) groups is 1. The highest BCUT2D eigenvalue weighted by Gasteiger charge is 2.34. The Labute approximate surface area is 157 Å². The first-order valence-corrected chi connectivity index (χ1v) is 9.49. The molecule has 0 heterocycles. The SMILES string of the molecule is CC(C)(C)OC(=O)NCCNS(=O)(=O)c1ccc(Br)cc1OC(F)(F)F. The predicted molar refractivity (Wildman–Crippen MR) is 90.3 cm³/mol. The van der Waals surface area contributed by atoms with Crippen LogP contribution in [0.5, 0.6) is 5.75 Å². The van der Waals surface area contributed by atoms with E-state index in [1.54, 1.807) is 20.8 Å². The number of alkyl carbamates (subject to hydrolysis) is 1. The monoisotopic (exact) mass is 462 g/mol. The molecule has 0 saturated heterocycles. The first-order chi connectivity index (χ1) is 11.7. The second-order valence-electron chi connectivity index (χ2n) is 5.97. The van der Waals surface area contributed by atoms with Crippen LogP contribution in [-0.2, 0) is 14.8 Å². The summed E-state index contributed by atoms with van der Waals surface area (Å²) < 4.78 is 72.8. The Bertz CT molecular complexity index is 748. The van der Waals surface area contributed by atoms with Gasteiger partial charge in [-0.1, -0.05) is 15.9 Å². The zero-order valence-electron chi connectivity index (χ0n) is 14.1. The number of halogens is 4. The molecular weight excluding hydrogens is 445 g/mol. The Morgan fingerprint density at radius 2 is 1.81 bits per heavy atom. The number of rotatable bonds is 6. The largest absolute Gasteiger partial charge is 0.573 e. The molecule has 26 heavy (non-hydrogen) atoms. The van der Waals surface area contributed by atoms with E-state index in [9.17, 15) is 26.4 Å². The normalized spacial score (nSPS) is 12.6. The molecule has 0 fully saturated rings. The highest BCUT2D eigenvalue weighted by molar-refractivity contribution is 9.10. The molecule has 0 atom stereocenters. The van der Waals surface area contributed by atoms with Crippen LogP contribution >= 0.6 is 15.9 Å². The summed E-state index contributed by atoms with van der Waals surface area (Å²) >= 11 is 2.95. The lowest BCUT2D eigenvalue weighted by molar-refractivity contribution is -0.275. The van der Waals surface area contributed by atoms with E-state index >= 15 is 0 Å². The van der Waals surface area contributed by atoms with Gasteiger partial charge in [0.05, 0.1) is 0 Å². The second kappa shape index (κ2) is 8.44. The van der Waals surface area contributed by atoms with Gasteiger partial charge in [-0.25, -0.2) is 17.9 Å². The quantitative estimate of drug-likeness (QED) is 0.633. The summed E-state index contributed by atoms with van der Waals surface area (Å²) in [6.45, 7) is 4.59. The molecular formula is C14H18BrF3N2O5S. The molecule has 0 aromatic heterocycles. The minimum absolute atomic E-state index is 0.125. The number of ether oxygens (including phenoxy) is 2. The Kier molecular flexibility index (Phi) is 7.31. The zero-order valence-corrected chi connectivity index (χ0v) is 16.5. The molecule has 0 aliphatic heterocycles. The third-order valence-electron chi connectivity index (χ3n) is 2.51.